The Morgan fingerprint density at radius 3 is 2.64 bits per heavy atom. The zero-order chi connectivity index (χ0) is 19.3. The fourth-order valence-electron chi connectivity index (χ4n) is 3.38. The van der Waals surface area contributed by atoms with E-state index in [2.05, 4.69) is 15.2 Å². The van der Waals surface area contributed by atoms with Gasteiger partial charge in [0, 0.05) is 31.2 Å². The van der Waals surface area contributed by atoms with Crippen LogP contribution in [-0.4, -0.2) is 37.1 Å². The van der Waals surface area contributed by atoms with E-state index in [1.165, 1.54) is 0 Å². The van der Waals surface area contributed by atoms with Gasteiger partial charge in [0.15, 0.2) is 5.58 Å². The molecule has 1 aromatic heterocycles. The number of anilines is 2. The second kappa shape index (κ2) is 8.31. The first-order chi connectivity index (χ1) is 13.7. The Bertz CT molecular complexity index is 897. The van der Waals surface area contributed by atoms with Gasteiger partial charge in [0.05, 0.1) is 0 Å². The summed E-state index contributed by atoms with van der Waals surface area (Å²) in [7, 11) is 0. The van der Waals surface area contributed by atoms with Crippen LogP contribution in [0.15, 0.2) is 52.9 Å². The maximum absolute atomic E-state index is 12.6. The summed E-state index contributed by atoms with van der Waals surface area (Å²) >= 11 is 0. The first kappa shape index (κ1) is 18.3. The lowest BCUT2D eigenvalue weighted by Gasteiger charge is -2.30. The van der Waals surface area contributed by atoms with Crippen molar-refractivity contribution in [2.24, 2.45) is 11.7 Å². The Kier molecular flexibility index (Phi) is 5.43. The maximum atomic E-state index is 12.6. The molecule has 4 rings (SSSR count). The van der Waals surface area contributed by atoms with Crippen molar-refractivity contribution in [3.63, 3.8) is 0 Å². The van der Waals surface area contributed by atoms with Gasteiger partial charge in [-0.25, -0.2) is 0 Å². The molecule has 0 atom stereocenters. The van der Waals surface area contributed by atoms with Crippen molar-refractivity contribution in [2.45, 2.75) is 12.8 Å². The lowest BCUT2D eigenvalue weighted by Crippen LogP contribution is -2.38. The van der Waals surface area contributed by atoms with Crippen molar-refractivity contribution in [3.8, 4) is 5.75 Å². The zero-order valence-corrected chi connectivity index (χ0v) is 15.6. The normalized spacial score (nSPS) is 15.0. The lowest BCUT2D eigenvalue weighted by molar-refractivity contribution is -0.120. The summed E-state index contributed by atoms with van der Waals surface area (Å²) in [5, 5.41) is 2.99. The number of fused-ring (bicyclic) bond motifs is 1. The summed E-state index contributed by atoms with van der Waals surface area (Å²) in [4.78, 5) is 19.2. The molecular weight excluding hydrogens is 356 g/mol. The first-order valence-electron chi connectivity index (χ1n) is 9.57. The summed E-state index contributed by atoms with van der Waals surface area (Å²) in [6.07, 6.45) is 1.53. The van der Waals surface area contributed by atoms with E-state index in [1.807, 2.05) is 48.5 Å². The van der Waals surface area contributed by atoms with E-state index in [1.54, 1.807) is 0 Å². The van der Waals surface area contributed by atoms with Crippen LogP contribution in [0.1, 0.15) is 12.8 Å². The molecule has 0 spiro atoms. The van der Waals surface area contributed by atoms with Crippen molar-refractivity contribution in [3.05, 3.63) is 48.5 Å². The van der Waals surface area contributed by atoms with Crippen LogP contribution in [0, 0.1) is 5.92 Å². The van der Waals surface area contributed by atoms with Gasteiger partial charge in [-0.05, 0) is 49.2 Å². The van der Waals surface area contributed by atoms with Crippen LogP contribution in [0.2, 0.25) is 0 Å². The molecule has 7 nitrogen and oxygen atoms in total. The number of hydrogen-bond acceptors (Lipinski definition) is 6. The summed E-state index contributed by atoms with van der Waals surface area (Å²) in [5.41, 5.74) is 7.84. The van der Waals surface area contributed by atoms with Gasteiger partial charge in [-0.15, -0.1) is 0 Å². The molecule has 2 aromatic carbocycles. The number of nitrogens with one attached hydrogen (secondary N) is 1. The standard InChI is InChI=1S/C21H24N4O3/c22-11-14-27-17-7-5-16(6-8-17)23-20(26)15-9-12-25(13-10-15)21-24-18-3-1-2-4-19(18)28-21/h1-8,15H,9-14,22H2,(H,23,26). The average Bonchev–Trinajstić information content (AvgIpc) is 3.18. The summed E-state index contributed by atoms with van der Waals surface area (Å²) in [6, 6.07) is 15.7. The van der Waals surface area contributed by atoms with Gasteiger partial charge < -0.3 is 25.1 Å². The average molecular weight is 380 g/mol. The number of piperidine rings is 1. The zero-order valence-electron chi connectivity index (χ0n) is 15.6. The van der Waals surface area contributed by atoms with Gasteiger partial charge in [0.2, 0.25) is 5.91 Å². The van der Waals surface area contributed by atoms with Crippen LogP contribution in [0.5, 0.6) is 5.75 Å². The molecule has 0 aliphatic carbocycles. The molecule has 1 saturated heterocycles. The van der Waals surface area contributed by atoms with Crippen molar-refractivity contribution < 1.29 is 13.9 Å². The van der Waals surface area contributed by atoms with E-state index in [-0.39, 0.29) is 11.8 Å². The Morgan fingerprint density at radius 2 is 1.93 bits per heavy atom. The Hall–Kier alpha value is -3.06. The first-order valence-corrected chi connectivity index (χ1v) is 9.57. The lowest BCUT2D eigenvalue weighted by atomic mass is 9.96. The summed E-state index contributed by atoms with van der Waals surface area (Å²) < 4.78 is 11.3. The minimum atomic E-state index is -0.0196. The Morgan fingerprint density at radius 1 is 1.18 bits per heavy atom. The second-order valence-corrected chi connectivity index (χ2v) is 6.88. The number of rotatable bonds is 6. The highest BCUT2D eigenvalue weighted by atomic mass is 16.5. The number of nitrogens with two attached hydrogens (primary N) is 1. The minimum Gasteiger partial charge on any atom is -0.492 e. The van der Waals surface area contributed by atoms with Crippen molar-refractivity contribution in [2.75, 3.05) is 36.5 Å². The van der Waals surface area contributed by atoms with Crippen LogP contribution < -0.4 is 20.7 Å². The summed E-state index contributed by atoms with van der Waals surface area (Å²) in [5.74, 6) is 0.775. The van der Waals surface area contributed by atoms with Gasteiger partial charge in [-0.3, -0.25) is 4.79 Å². The number of benzene rings is 2. The van der Waals surface area contributed by atoms with Crippen LogP contribution in [0.3, 0.4) is 0 Å². The number of carbonyl (C=O) groups is 1. The third-order valence-electron chi connectivity index (χ3n) is 4.93. The smallest absolute Gasteiger partial charge is 0.298 e. The predicted octanol–water partition coefficient (Wildman–Crippen LogP) is 3.02. The fraction of sp³-hybridized carbons (Fsp3) is 0.333. The maximum Gasteiger partial charge on any atom is 0.298 e. The van der Waals surface area contributed by atoms with E-state index in [4.69, 9.17) is 14.9 Å². The van der Waals surface area contributed by atoms with Crippen LogP contribution >= 0.6 is 0 Å². The SMILES string of the molecule is NCCOc1ccc(NC(=O)C2CCN(c3nc4ccccc4o3)CC2)cc1. The predicted molar refractivity (Wildman–Crippen MR) is 109 cm³/mol. The van der Waals surface area contributed by atoms with Gasteiger partial charge in [0.1, 0.15) is 17.9 Å². The number of para-hydroxylation sites is 2. The molecule has 28 heavy (non-hydrogen) atoms. The molecule has 7 heteroatoms. The van der Waals surface area contributed by atoms with E-state index >= 15 is 0 Å². The molecule has 2 heterocycles. The van der Waals surface area contributed by atoms with Gasteiger partial charge >= 0.3 is 0 Å². The molecule has 1 fully saturated rings. The number of nitrogens with zero attached hydrogens (tertiary/aromatic N) is 2. The van der Waals surface area contributed by atoms with Crippen molar-refractivity contribution in [1.82, 2.24) is 4.98 Å². The molecule has 0 saturated carbocycles. The summed E-state index contributed by atoms with van der Waals surface area (Å²) in [6.45, 7) is 2.44. The highest BCUT2D eigenvalue weighted by molar-refractivity contribution is 5.92. The number of ether oxygens (including phenoxy) is 1. The Labute approximate surface area is 163 Å². The molecule has 3 aromatic rings. The van der Waals surface area contributed by atoms with Gasteiger partial charge in [0.25, 0.3) is 6.01 Å². The number of amides is 1. The topological polar surface area (TPSA) is 93.6 Å². The molecule has 146 valence electrons. The quantitative estimate of drug-likeness (QED) is 0.683. The molecular formula is C21H24N4O3. The number of oxazole rings is 1. The van der Waals surface area contributed by atoms with Gasteiger partial charge in [-0.1, -0.05) is 12.1 Å². The highest BCUT2D eigenvalue weighted by Gasteiger charge is 2.27. The third kappa shape index (κ3) is 4.09. The van der Waals surface area contributed by atoms with Crippen molar-refractivity contribution in [1.29, 1.82) is 0 Å². The second-order valence-electron chi connectivity index (χ2n) is 6.88. The molecule has 1 aliphatic heterocycles. The largest absolute Gasteiger partial charge is 0.492 e. The highest BCUT2D eigenvalue weighted by Crippen LogP contribution is 2.27. The molecule has 3 N–H and O–H groups in total. The molecule has 0 bridgehead atoms. The van der Waals surface area contributed by atoms with E-state index in [0.29, 0.717) is 19.2 Å². The van der Waals surface area contributed by atoms with Crippen LogP contribution in [-0.2, 0) is 4.79 Å². The number of hydrogen-bond donors (Lipinski definition) is 2. The number of carbonyl (C=O) groups excluding carboxylic acids is 1. The van der Waals surface area contributed by atoms with Gasteiger partial charge in [-0.2, -0.15) is 4.98 Å². The molecule has 1 amide bonds. The number of aromatic nitrogens is 1. The monoisotopic (exact) mass is 380 g/mol. The van der Waals surface area contributed by atoms with E-state index in [0.717, 1.165) is 48.5 Å². The Balaban J connectivity index is 1.31. The molecule has 0 unspecified atom stereocenters. The van der Waals surface area contributed by atoms with E-state index < -0.39 is 0 Å². The fourth-order valence-corrected chi connectivity index (χ4v) is 3.38. The van der Waals surface area contributed by atoms with Crippen LogP contribution in [0.4, 0.5) is 11.7 Å². The minimum absolute atomic E-state index is 0.0196. The van der Waals surface area contributed by atoms with E-state index in [9.17, 15) is 4.79 Å². The molecule has 1 aliphatic rings. The third-order valence-corrected chi connectivity index (χ3v) is 4.93. The van der Waals surface area contributed by atoms with Crippen LogP contribution in [0.25, 0.3) is 11.1 Å². The molecule has 0 radical (unpaired) electrons. The van der Waals surface area contributed by atoms with Crippen molar-refractivity contribution >= 4 is 28.7 Å².